The molecule has 0 unspecified atom stereocenters. The summed E-state index contributed by atoms with van der Waals surface area (Å²) in [6.45, 7) is 1.52. The van der Waals surface area contributed by atoms with Gasteiger partial charge in [0.2, 0.25) is 10.0 Å². The van der Waals surface area contributed by atoms with E-state index < -0.39 is 10.0 Å². The molecule has 10 heteroatoms. The molecule has 0 atom stereocenters. The van der Waals surface area contributed by atoms with Crippen LogP contribution >= 0.6 is 0 Å². The molecule has 2 aromatic heterocycles. The first-order valence-electron chi connectivity index (χ1n) is 10.1. The van der Waals surface area contributed by atoms with Crippen molar-refractivity contribution in [1.82, 2.24) is 24.1 Å². The van der Waals surface area contributed by atoms with Crippen LogP contribution in [-0.2, 0) is 10.0 Å². The Balaban J connectivity index is 1.40. The number of nitriles is 1. The Kier molecular flexibility index (Phi) is 5.05. The van der Waals surface area contributed by atoms with Crippen LogP contribution in [-0.4, -0.2) is 58.7 Å². The summed E-state index contributed by atoms with van der Waals surface area (Å²) in [7, 11) is -3.75. The number of rotatable bonds is 4. The van der Waals surface area contributed by atoms with Gasteiger partial charge in [-0.3, -0.25) is 0 Å². The van der Waals surface area contributed by atoms with Gasteiger partial charge < -0.3 is 4.90 Å². The summed E-state index contributed by atoms with van der Waals surface area (Å²) in [6, 6.07) is 18.0. The Morgan fingerprint density at radius 1 is 0.906 bits per heavy atom. The van der Waals surface area contributed by atoms with Gasteiger partial charge in [0.05, 0.1) is 27.7 Å². The maximum Gasteiger partial charge on any atom is 0.244 e. The van der Waals surface area contributed by atoms with Gasteiger partial charge in [-0.1, -0.05) is 30.3 Å². The van der Waals surface area contributed by atoms with E-state index >= 15 is 0 Å². The Hall–Kier alpha value is -3.81. The molecule has 3 heterocycles. The predicted molar refractivity (Wildman–Crippen MR) is 119 cm³/mol. The van der Waals surface area contributed by atoms with Gasteiger partial charge in [-0.15, -0.1) is 0 Å². The fourth-order valence-corrected chi connectivity index (χ4v) is 5.47. The normalized spacial score (nSPS) is 15.0. The lowest BCUT2D eigenvalue weighted by atomic mass is 10.2. The number of benzene rings is 2. The van der Waals surface area contributed by atoms with Crippen molar-refractivity contribution in [3.05, 3.63) is 72.7 Å². The number of sulfonamides is 1. The lowest BCUT2D eigenvalue weighted by Crippen LogP contribution is -2.49. The SMILES string of the molecule is N#Cc1ccccc1S(=O)(=O)N1CCN(c2ncnc3c2cnn3-c2ccccc2)CC1. The lowest BCUT2D eigenvalue weighted by Gasteiger charge is -2.34. The second kappa shape index (κ2) is 8.03. The Morgan fingerprint density at radius 2 is 1.62 bits per heavy atom. The monoisotopic (exact) mass is 445 g/mol. The average Bonchev–Trinajstić information content (AvgIpc) is 3.29. The molecular weight excluding hydrogens is 426 g/mol. The van der Waals surface area contributed by atoms with Crippen LogP contribution in [0.25, 0.3) is 16.7 Å². The topological polar surface area (TPSA) is 108 Å². The molecule has 0 amide bonds. The number of piperazine rings is 1. The van der Waals surface area contributed by atoms with Crippen molar-refractivity contribution in [2.45, 2.75) is 4.90 Å². The first-order valence-corrected chi connectivity index (χ1v) is 11.5. The van der Waals surface area contributed by atoms with E-state index in [4.69, 9.17) is 0 Å². The van der Waals surface area contributed by atoms with E-state index in [9.17, 15) is 13.7 Å². The smallest absolute Gasteiger partial charge is 0.244 e. The van der Waals surface area contributed by atoms with Crippen molar-refractivity contribution >= 4 is 26.9 Å². The molecule has 0 N–H and O–H groups in total. The Morgan fingerprint density at radius 3 is 2.38 bits per heavy atom. The summed E-state index contributed by atoms with van der Waals surface area (Å²) in [4.78, 5) is 11.0. The maximum atomic E-state index is 13.1. The molecule has 0 saturated carbocycles. The fourth-order valence-electron chi connectivity index (χ4n) is 3.91. The first kappa shape index (κ1) is 20.1. The van der Waals surface area contributed by atoms with Gasteiger partial charge in [0.25, 0.3) is 0 Å². The highest BCUT2D eigenvalue weighted by Gasteiger charge is 2.31. The zero-order chi connectivity index (χ0) is 22.1. The molecule has 1 aliphatic heterocycles. The number of hydrogen-bond acceptors (Lipinski definition) is 7. The highest BCUT2D eigenvalue weighted by atomic mass is 32.2. The predicted octanol–water partition coefficient (Wildman–Crippen LogP) is 2.20. The molecule has 0 spiro atoms. The second-order valence-corrected chi connectivity index (χ2v) is 9.23. The maximum absolute atomic E-state index is 13.1. The molecule has 9 nitrogen and oxygen atoms in total. The largest absolute Gasteiger partial charge is 0.353 e. The van der Waals surface area contributed by atoms with Crippen LogP contribution in [0, 0.1) is 11.3 Å². The summed E-state index contributed by atoms with van der Waals surface area (Å²) < 4.78 is 29.4. The average molecular weight is 446 g/mol. The summed E-state index contributed by atoms with van der Waals surface area (Å²) >= 11 is 0. The molecule has 1 saturated heterocycles. The van der Waals surface area contributed by atoms with Gasteiger partial charge in [0.15, 0.2) is 5.65 Å². The third-order valence-corrected chi connectivity index (χ3v) is 7.47. The minimum absolute atomic E-state index is 0.0458. The van der Waals surface area contributed by atoms with Crippen LogP contribution in [0.15, 0.2) is 72.0 Å². The fraction of sp³-hybridized carbons (Fsp3) is 0.182. The molecular formula is C22H19N7O2S. The minimum atomic E-state index is -3.75. The van der Waals surface area contributed by atoms with Crippen molar-refractivity contribution in [2.75, 3.05) is 31.1 Å². The van der Waals surface area contributed by atoms with Gasteiger partial charge >= 0.3 is 0 Å². The van der Waals surface area contributed by atoms with E-state index in [2.05, 4.69) is 15.1 Å². The quantitative estimate of drug-likeness (QED) is 0.474. The van der Waals surface area contributed by atoms with Crippen LogP contribution in [0.5, 0.6) is 0 Å². The van der Waals surface area contributed by atoms with Gasteiger partial charge in [-0.05, 0) is 24.3 Å². The summed E-state index contributed by atoms with van der Waals surface area (Å²) in [5.41, 5.74) is 1.75. The van der Waals surface area contributed by atoms with Gasteiger partial charge in [0, 0.05) is 26.2 Å². The molecule has 1 aliphatic rings. The van der Waals surface area contributed by atoms with Crippen LogP contribution in [0.3, 0.4) is 0 Å². The van der Waals surface area contributed by atoms with Gasteiger partial charge in [-0.25, -0.2) is 23.1 Å². The van der Waals surface area contributed by atoms with Gasteiger partial charge in [0.1, 0.15) is 18.2 Å². The molecule has 160 valence electrons. The molecule has 0 radical (unpaired) electrons. The van der Waals surface area contributed by atoms with E-state index in [0.29, 0.717) is 31.8 Å². The van der Waals surface area contributed by atoms with Crippen molar-refractivity contribution in [3.8, 4) is 11.8 Å². The van der Waals surface area contributed by atoms with Crippen LogP contribution < -0.4 is 4.90 Å². The molecule has 1 fully saturated rings. The van der Waals surface area contributed by atoms with Crippen molar-refractivity contribution in [3.63, 3.8) is 0 Å². The highest BCUT2D eigenvalue weighted by Crippen LogP contribution is 2.27. The Labute approximate surface area is 185 Å². The zero-order valence-electron chi connectivity index (χ0n) is 17.0. The Bertz CT molecular complexity index is 1420. The summed E-state index contributed by atoms with van der Waals surface area (Å²) in [5, 5.41) is 14.6. The van der Waals surface area contributed by atoms with Gasteiger partial charge in [-0.2, -0.15) is 14.7 Å². The molecule has 0 bridgehead atoms. The lowest BCUT2D eigenvalue weighted by molar-refractivity contribution is 0.384. The van der Waals surface area contributed by atoms with E-state index in [0.717, 1.165) is 16.9 Å². The van der Waals surface area contributed by atoms with Crippen molar-refractivity contribution < 1.29 is 8.42 Å². The van der Waals surface area contributed by atoms with E-state index in [1.165, 1.54) is 22.8 Å². The number of aromatic nitrogens is 4. The van der Waals surface area contributed by atoms with E-state index in [-0.39, 0.29) is 10.5 Å². The van der Waals surface area contributed by atoms with Crippen molar-refractivity contribution in [1.29, 1.82) is 5.26 Å². The highest BCUT2D eigenvalue weighted by molar-refractivity contribution is 7.89. The number of anilines is 1. The standard InChI is InChI=1S/C22H19N7O2S/c23-14-17-6-4-5-9-20(17)32(30,31)28-12-10-27(11-13-28)21-19-15-26-29(22(19)25-16-24-21)18-7-2-1-3-8-18/h1-9,15-16H,10-13H2. The molecule has 32 heavy (non-hydrogen) atoms. The summed E-state index contributed by atoms with van der Waals surface area (Å²) in [5.74, 6) is 0.728. The van der Waals surface area contributed by atoms with Crippen LogP contribution in [0.2, 0.25) is 0 Å². The zero-order valence-corrected chi connectivity index (χ0v) is 17.9. The number of fused-ring (bicyclic) bond motifs is 1. The van der Waals surface area contributed by atoms with E-state index in [1.807, 2.05) is 41.3 Å². The number of nitrogens with zero attached hydrogens (tertiary/aromatic N) is 7. The number of hydrogen-bond donors (Lipinski definition) is 0. The third-order valence-electron chi connectivity index (χ3n) is 5.51. The first-order chi connectivity index (χ1) is 15.6. The van der Waals surface area contributed by atoms with E-state index in [1.54, 1.807) is 23.0 Å². The third kappa shape index (κ3) is 3.37. The molecule has 5 rings (SSSR count). The molecule has 0 aliphatic carbocycles. The minimum Gasteiger partial charge on any atom is -0.353 e. The second-order valence-electron chi connectivity index (χ2n) is 7.33. The van der Waals surface area contributed by atoms with Crippen LogP contribution in [0.1, 0.15) is 5.56 Å². The summed E-state index contributed by atoms with van der Waals surface area (Å²) in [6.07, 6.45) is 3.25. The number of para-hydroxylation sites is 1. The molecule has 2 aromatic carbocycles. The van der Waals surface area contributed by atoms with Crippen LogP contribution in [0.4, 0.5) is 5.82 Å². The van der Waals surface area contributed by atoms with Crippen molar-refractivity contribution in [2.24, 2.45) is 0 Å². The molecule has 4 aromatic rings.